The number of fused-ring (bicyclic) bond motifs is 2. The molecule has 26 heavy (non-hydrogen) atoms. The predicted octanol–water partition coefficient (Wildman–Crippen LogP) is 0.413. The molecule has 10 heteroatoms. The van der Waals surface area contributed by atoms with Gasteiger partial charge in [0.15, 0.2) is 0 Å². The predicted molar refractivity (Wildman–Crippen MR) is 88.7 cm³/mol. The number of amides is 2. The number of hydrogen-bond acceptors (Lipinski definition) is 8. The fraction of sp³-hybridized carbons (Fsp3) is 0.688. The summed E-state index contributed by atoms with van der Waals surface area (Å²) in [4.78, 5) is 33.2. The molecule has 0 aromatic carbocycles. The normalized spacial score (nSPS) is 32.6. The zero-order valence-electron chi connectivity index (χ0n) is 15.1. The van der Waals surface area contributed by atoms with Crippen LogP contribution in [0.5, 0.6) is 0 Å². The maximum Gasteiger partial charge on any atom is 0.314 e. The number of ether oxygens (including phenoxy) is 2. The standard InChI is InChI=1S/C11H18O3.C5H5NO5S/c1-11(10(12)14-3)8-5-4-7(6-8)9(11)13-2;1-12(9,10)11-6-4(7)2-3-5(6)8/h7-9H,4-6H2,1-3H3;2-3H,1H3. The van der Waals surface area contributed by atoms with Crippen LogP contribution in [-0.2, 0) is 38.3 Å². The highest BCUT2D eigenvalue weighted by molar-refractivity contribution is 7.85. The molecule has 2 aliphatic carbocycles. The summed E-state index contributed by atoms with van der Waals surface area (Å²) in [5.41, 5.74) is -0.396. The molecule has 2 amide bonds. The van der Waals surface area contributed by atoms with Gasteiger partial charge in [0.1, 0.15) is 0 Å². The van der Waals surface area contributed by atoms with Crippen LogP contribution in [0.3, 0.4) is 0 Å². The van der Waals surface area contributed by atoms with Crippen molar-refractivity contribution in [2.45, 2.75) is 32.3 Å². The zero-order valence-corrected chi connectivity index (χ0v) is 15.9. The van der Waals surface area contributed by atoms with Gasteiger partial charge in [0.05, 0.1) is 24.9 Å². The third-order valence-corrected chi connectivity index (χ3v) is 5.62. The van der Waals surface area contributed by atoms with E-state index < -0.39 is 27.3 Å². The Morgan fingerprint density at radius 1 is 1.19 bits per heavy atom. The topological polar surface area (TPSA) is 116 Å². The van der Waals surface area contributed by atoms with E-state index >= 15 is 0 Å². The van der Waals surface area contributed by atoms with Gasteiger partial charge in [-0.05, 0) is 38.0 Å². The summed E-state index contributed by atoms with van der Waals surface area (Å²) >= 11 is 0. The molecule has 9 nitrogen and oxygen atoms in total. The van der Waals surface area contributed by atoms with E-state index in [-0.39, 0.29) is 17.1 Å². The molecule has 146 valence electrons. The molecule has 1 heterocycles. The smallest absolute Gasteiger partial charge is 0.314 e. The molecule has 0 aromatic rings. The van der Waals surface area contributed by atoms with Crippen LogP contribution in [-0.4, -0.2) is 57.8 Å². The first-order valence-electron chi connectivity index (χ1n) is 8.11. The first-order chi connectivity index (χ1) is 12.0. The van der Waals surface area contributed by atoms with Crippen LogP contribution in [0.2, 0.25) is 0 Å². The molecule has 2 fully saturated rings. The first-order valence-corrected chi connectivity index (χ1v) is 9.93. The SMILES string of the molecule is COC(=O)C1(C)C2CCC(C2)C1OC.CS(=O)(=O)ON1C(=O)C=CC1=O. The van der Waals surface area contributed by atoms with E-state index in [0.717, 1.165) is 31.2 Å². The molecule has 1 aliphatic heterocycles. The number of rotatable bonds is 4. The van der Waals surface area contributed by atoms with Gasteiger partial charge in [-0.2, -0.15) is 8.42 Å². The Bertz CT molecular complexity index is 713. The number of carbonyl (C=O) groups is 3. The van der Waals surface area contributed by atoms with Crippen molar-refractivity contribution >= 4 is 27.9 Å². The van der Waals surface area contributed by atoms with Crippen molar-refractivity contribution in [1.82, 2.24) is 5.06 Å². The number of hydroxylamine groups is 2. The second kappa shape index (κ2) is 7.45. The average molecular weight is 389 g/mol. The van der Waals surface area contributed by atoms with Crippen molar-refractivity contribution in [3.8, 4) is 0 Å². The second-order valence-electron chi connectivity index (χ2n) is 6.78. The summed E-state index contributed by atoms with van der Waals surface area (Å²) in [5.74, 6) is -0.675. The fourth-order valence-corrected chi connectivity index (χ4v) is 4.51. The van der Waals surface area contributed by atoms with E-state index in [4.69, 9.17) is 9.47 Å². The molecule has 0 aromatic heterocycles. The quantitative estimate of drug-likeness (QED) is 0.501. The molecule has 0 spiro atoms. The maximum atomic E-state index is 11.8. The molecule has 4 atom stereocenters. The Balaban J connectivity index is 0.000000190. The Hall–Kier alpha value is -1.78. The second-order valence-corrected chi connectivity index (χ2v) is 8.34. The third kappa shape index (κ3) is 3.81. The largest absolute Gasteiger partial charge is 0.469 e. The zero-order chi connectivity index (χ0) is 19.7. The summed E-state index contributed by atoms with van der Waals surface area (Å²) < 4.78 is 35.4. The molecule has 3 rings (SSSR count). The third-order valence-electron chi connectivity index (χ3n) is 5.20. The van der Waals surface area contributed by atoms with Gasteiger partial charge in [0.2, 0.25) is 0 Å². The van der Waals surface area contributed by atoms with Crippen LogP contribution in [0.1, 0.15) is 26.2 Å². The first kappa shape index (κ1) is 20.5. The number of nitrogens with zero attached hydrogens (tertiary/aromatic N) is 1. The minimum atomic E-state index is -3.83. The van der Waals surface area contributed by atoms with Crippen LogP contribution in [0.4, 0.5) is 0 Å². The Morgan fingerprint density at radius 3 is 2.23 bits per heavy atom. The highest BCUT2D eigenvalue weighted by Gasteiger charge is 2.60. The number of carbonyl (C=O) groups excluding carboxylic acids is 3. The maximum absolute atomic E-state index is 11.8. The fourth-order valence-electron chi connectivity index (χ4n) is 4.09. The molecule has 0 saturated heterocycles. The monoisotopic (exact) mass is 389 g/mol. The van der Waals surface area contributed by atoms with E-state index in [1.165, 1.54) is 13.5 Å². The lowest BCUT2D eigenvalue weighted by Crippen LogP contribution is -2.46. The Kier molecular flexibility index (Phi) is 5.89. The summed E-state index contributed by atoms with van der Waals surface area (Å²) in [6.45, 7) is 2.00. The summed E-state index contributed by atoms with van der Waals surface area (Å²) in [5, 5.41) is 0.176. The van der Waals surface area contributed by atoms with E-state index in [1.54, 1.807) is 7.11 Å². The van der Waals surface area contributed by atoms with Crippen molar-refractivity contribution < 1.29 is 36.6 Å². The minimum absolute atomic E-state index is 0.0636. The number of hydrogen-bond donors (Lipinski definition) is 0. The Labute approximate surface area is 152 Å². The molecule has 4 unspecified atom stereocenters. The lowest BCUT2D eigenvalue weighted by atomic mass is 9.72. The van der Waals surface area contributed by atoms with Crippen molar-refractivity contribution in [2.75, 3.05) is 20.5 Å². The average Bonchev–Trinajstić information content (AvgIpc) is 3.24. The van der Waals surface area contributed by atoms with Crippen molar-refractivity contribution in [1.29, 1.82) is 0 Å². The molecule has 0 N–H and O–H groups in total. The van der Waals surface area contributed by atoms with Gasteiger partial charge in [0, 0.05) is 19.3 Å². The van der Waals surface area contributed by atoms with E-state index in [2.05, 4.69) is 4.28 Å². The molecular formula is C16H23NO8S. The molecule has 0 radical (unpaired) electrons. The van der Waals surface area contributed by atoms with Crippen LogP contribution in [0.15, 0.2) is 12.2 Å². The van der Waals surface area contributed by atoms with Gasteiger partial charge >= 0.3 is 5.97 Å². The lowest BCUT2D eigenvalue weighted by Gasteiger charge is -2.37. The van der Waals surface area contributed by atoms with Gasteiger partial charge in [-0.1, -0.05) is 0 Å². The molecule has 2 saturated carbocycles. The van der Waals surface area contributed by atoms with Gasteiger partial charge in [0.25, 0.3) is 21.9 Å². The van der Waals surface area contributed by atoms with Gasteiger partial charge in [-0.25, -0.2) is 0 Å². The van der Waals surface area contributed by atoms with Crippen LogP contribution in [0, 0.1) is 17.3 Å². The van der Waals surface area contributed by atoms with Gasteiger partial charge in [-0.3, -0.25) is 14.4 Å². The van der Waals surface area contributed by atoms with Gasteiger partial charge < -0.3 is 9.47 Å². The molecular weight excluding hydrogens is 366 g/mol. The Morgan fingerprint density at radius 2 is 1.77 bits per heavy atom. The van der Waals surface area contributed by atoms with Crippen LogP contribution < -0.4 is 0 Å². The van der Waals surface area contributed by atoms with Crippen LogP contribution in [0.25, 0.3) is 0 Å². The molecule has 2 bridgehead atoms. The van der Waals surface area contributed by atoms with Crippen molar-refractivity contribution in [3.05, 3.63) is 12.2 Å². The van der Waals surface area contributed by atoms with E-state index in [1.807, 2.05) is 6.92 Å². The van der Waals surface area contributed by atoms with E-state index in [9.17, 15) is 22.8 Å². The van der Waals surface area contributed by atoms with Crippen LogP contribution >= 0.6 is 0 Å². The summed E-state index contributed by atoms with van der Waals surface area (Å²) in [7, 11) is -0.664. The number of methoxy groups -OCH3 is 2. The molecule has 3 aliphatic rings. The summed E-state index contributed by atoms with van der Waals surface area (Å²) in [6, 6.07) is 0. The minimum Gasteiger partial charge on any atom is -0.469 e. The van der Waals surface area contributed by atoms with E-state index in [0.29, 0.717) is 11.8 Å². The summed E-state index contributed by atoms with van der Waals surface area (Å²) in [6.07, 6.45) is 6.14. The van der Waals surface area contributed by atoms with Crippen molar-refractivity contribution in [2.24, 2.45) is 17.3 Å². The number of esters is 1. The number of imide groups is 1. The highest BCUT2D eigenvalue weighted by Crippen LogP contribution is 2.57. The van der Waals surface area contributed by atoms with Gasteiger partial charge in [-0.15, -0.1) is 9.35 Å². The highest BCUT2D eigenvalue weighted by atomic mass is 32.2. The van der Waals surface area contributed by atoms with Crippen molar-refractivity contribution in [3.63, 3.8) is 0 Å². The lowest BCUT2D eigenvalue weighted by molar-refractivity contribution is -0.165.